The zero-order valence-corrected chi connectivity index (χ0v) is 18.6. The average Bonchev–Trinajstić information content (AvgIpc) is 2.98. The number of thiazole rings is 1. The van der Waals surface area contributed by atoms with E-state index in [4.69, 9.17) is 0 Å². The van der Waals surface area contributed by atoms with Gasteiger partial charge in [0.25, 0.3) is 0 Å². The predicted octanol–water partition coefficient (Wildman–Crippen LogP) is 3.98. The van der Waals surface area contributed by atoms with E-state index in [1.54, 1.807) is 36.2 Å². The Bertz CT molecular complexity index is 691. The summed E-state index contributed by atoms with van der Waals surface area (Å²) in [6.45, 7) is 3.40. The SMILES string of the molecule is CN=C(NCCc1csc(C)n1)NCc1ccc(F)cc1CSC.I. The Morgan fingerprint density at radius 1 is 1.32 bits per heavy atom. The molecule has 0 amide bonds. The number of rotatable bonds is 7. The molecule has 0 aliphatic carbocycles. The maximum absolute atomic E-state index is 13.4. The maximum Gasteiger partial charge on any atom is 0.191 e. The second-order valence-electron chi connectivity index (χ2n) is 5.31. The van der Waals surface area contributed by atoms with Gasteiger partial charge in [-0.1, -0.05) is 6.07 Å². The Hall–Kier alpha value is -0.870. The smallest absolute Gasteiger partial charge is 0.191 e. The number of benzene rings is 1. The maximum atomic E-state index is 13.4. The first-order valence-electron chi connectivity index (χ1n) is 7.74. The van der Waals surface area contributed by atoms with Gasteiger partial charge >= 0.3 is 0 Å². The highest BCUT2D eigenvalue weighted by atomic mass is 127. The molecule has 25 heavy (non-hydrogen) atoms. The van der Waals surface area contributed by atoms with Gasteiger partial charge in [0, 0.05) is 37.7 Å². The molecule has 2 N–H and O–H groups in total. The fourth-order valence-corrected chi connectivity index (χ4v) is 3.52. The van der Waals surface area contributed by atoms with Crippen LogP contribution < -0.4 is 10.6 Å². The van der Waals surface area contributed by atoms with E-state index in [9.17, 15) is 4.39 Å². The Morgan fingerprint density at radius 3 is 2.76 bits per heavy atom. The predicted molar refractivity (Wildman–Crippen MR) is 118 cm³/mol. The summed E-state index contributed by atoms with van der Waals surface area (Å²) in [5, 5.41) is 9.74. The van der Waals surface area contributed by atoms with Crippen molar-refractivity contribution >= 4 is 53.0 Å². The van der Waals surface area contributed by atoms with E-state index in [0.29, 0.717) is 6.54 Å². The molecule has 0 saturated heterocycles. The first-order valence-corrected chi connectivity index (χ1v) is 10.0. The van der Waals surface area contributed by atoms with E-state index in [-0.39, 0.29) is 29.8 Å². The van der Waals surface area contributed by atoms with Gasteiger partial charge in [0.1, 0.15) is 5.82 Å². The summed E-state index contributed by atoms with van der Waals surface area (Å²) in [7, 11) is 1.75. The topological polar surface area (TPSA) is 49.3 Å². The molecule has 4 nitrogen and oxygen atoms in total. The van der Waals surface area contributed by atoms with Crippen LogP contribution in [0.15, 0.2) is 28.6 Å². The standard InChI is InChI=1S/C17H23FN4S2.HI/c1-12-22-16(11-24-12)6-7-20-17(19-2)21-9-13-4-5-15(18)8-14(13)10-23-3;/h4-5,8,11H,6-7,9-10H2,1-3H3,(H2,19,20,21);1H. The van der Waals surface area contributed by atoms with Crippen molar-refractivity contribution in [3.8, 4) is 0 Å². The lowest BCUT2D eigenvalue weighted by Gasteiger charge is -2.14. The highest BCUT2D eigenvalue weighted by molar-refractivity contribution is 14.0. The quantitative estimate of drug-likeness (QED) is 0.348. The van der Waals surface area contributed by atoms with Gasteiger partial charge in [-0.3, -0.25) is 4.99 Å². The van der Waals surface area contributed by atoms with Crippen LogP contribution in [0.3, 0.4) is 0 Å². The normalized spacial score (nSPS) is 11.1. The molecule has 0 unspecified atom stereocenters. The van der Waals surface area contributed by atoms with Crippen LogP contribution in [0.4, 0.5) is 4.39 Å². The molecule has 0 aliphatic heterocycles. The Kier molecular flexibility index (Phi) is 10.4. The Morgan fingerprint density at radius 2 is 2.12 bits per heavy atom. The van der Waals surface area contributed by atoms with Crippen molar-refractivity contribution < 1.29 is 4.39 Å². The minimum Gasteiger partial charge on any atom is -0.356 e. The molecule has 0 aliphatic rings. The van der Waals surface area contributed by atoms with Gasteiger partial charge in [-0.05, 0) is 36.4 Å². The van der Waals surface area contributed by atoms with Crippen molar-refractivity contribution in [2.45, 2.75) is 25.6 Å². The van der Waals surface area contributed by atoms with Gasteiger partial charge in [0.15, 0.2) is 5.96 Å². The third kappa shape index (κ3) is 7.49. The molecular formula is C17H24FIN4S2. The lowest BCUT2D eigenvalue weighted by atomic mass is 10.1. The van der Waals surface area contributed by atoms with Crippen molar-refractivity contribution in [3.63, 3.8) is 0 Å². The number of aryl methyl sites for hydroxylation is 1. The summed E-state index contributed by atoms with van der Waals surface area (Å²) < 4.78 is 13.4. The van der Waals surface area contributed by atoms with Gasteiger partial charge in [-0.25, -0.2) is 9.37 Å². The minimum absolute atomic E-state index is 0. The number of aliphatic imine (C=N–C) groups is 1. The molecule has 1 aromatic carbocycles. The van der Waals surface area contributed by atoms with Gasteiger partial charge in [0.05, 0.1) is 10.7 Å². The molecule has 138 valence electrons. The molecule has 1 heterocycles. The fourth-order valence-electron chi connectivity index (χ4n) is 2.29. The number of nitrogens with zero attached hydrogens (tertiary/aromatic N) is 2. The summed E-state index contributed by atoms with van der Waals surface area (Å²) in [5.41, 5.74) is 3.20. The molecule has 0 saturated carbocycles. The molecule has 0 radical (unpaired) electrons. The molecule has 0 bridgehead atoms. The van der Waals surface area contributed by atoms with Gasteiger partial charge < -0.3 is 10.6 Å². The molecule has 0 spiro atoms. The van der Waals surface area contributed by atoms with E-state index in [1.807, 2.05) is 19.2 Å². The second kappa shape index (κ2) is 11.7. The summed E-state index contributed by atoms with van der Waals surface area (Å²) in [4.78, 5) is 8.68. The molecule has 8 heteroatoms. The fraction of sp³-hybridized carbons (Fsp3) is 0.412. The van der Waals surface area contributed by atoms with Crippen LogP contribution in [0.5, 0.6) is 0 Å². The number of nitrogens with one attached hydrogen (secondary N) is 2. The van der Waals surface area contributed by atoms with Crippen LogP contribution in [0, 0.1) is 12.7 Å². The first-order chi connectivity index (χ1) is 11.6. The van der Waals surface area contributed by atoms with Crippen LogP contribution in [0.2, 0.25) is 0 Å². The monoisotopic (exact) mass is 494 g/mol. The minimum atomic E-state index is -0.191. The molecular weight excluding hydrogens is 470 g/mol. The number of hydrogen-bond acceptors (Lipinski definition) is 4. The molecule has 1 aromatic heterocycles. The summed E-state index contributed by atoms with van der Waals surface area (Å²) in [5.74, 6) is 1.34. The zero-order chi connectivity index (χ0) is 17.4. The van der Waals surface area contributed by atoms with E-state index in [1.165, 1.54) is 6.07 Å². The first kappa shape index (κ1) is 22.2. The summed E-state index contributed by atoms with van der Waals surface area (Å²) >= 11 is 3.35. The third-order valence-corrected chi connectivity index (χ3v) is 4.90. The number of hydrogen-bond donors (Lipinski definition) is 2. The van der Waals surface area contributed by atoms with Gasteiger partial charge in [0.2, 0.25) is 0 Å². The molecule has 0 atom stereocenters. The largest absolute Gasteiger partial charge is 0.356 e. The number of guanidine groups is 1. The highest BCUT2D eigenvalue weighted by Gasteiger charge is 2.06. The van der Waals surface area contributed by atoms with Crippen LogP contribution in [-0.4, -0.2) is 30.8 Å². The van der Waals surface area contributed by atoms with E-state index in [2.05, 4.69) is 26.0 Å². The lowest BCUT2D eigenvalue weighted by Crippen LogP contribution is -2.38. The van der Waals surface area contributed by atoms with E-state index >= 15 is 0 Å². The lowest BCUT2D eigenvalue weighted by molar-refractivity contribution is 0.625. The Labute approximate surface area is 174 Å². The van der Waals surface area contributed by atoms with Gasteiger partial charge in [-0.15, -0.1) is 35.3 Å². The van der Waals surface area contributed by atoms with E-state index < -0.39 is 0 Å². The van der Waals surface area contributed by atoms with Crippen molar-refractivity contribution in [1.82, 2.24) is 15.6 Å². The summed E-state index contributed by atoms with van der Waals surface area (Å²) in [6, 6.07) is 4.94. The van der Waals surface area contributed by atoms with Gasteiger partial charge in [-0.2, -0.15) is 11.8 Å². The molecule has 2 rings (SSSR count). The van der Waals surface area contributed by atoms with Crippen LogP contribution in [-0.2, 0) is 18.7 Å². The van der Waals surface area contributed by atoms with Crippen molar-refractivity contribution in [2.75, 3.05) is 19.8 Å². The van der Waals surface area contributed by atoms with Crippen molar-refractivity contribution in [1.29, 1.82) is 0 Å². The van der Waals surface area contributed by atoms with Crippen LogP contribution >= 0.6 is 47.1 Å². The number of halogens is 2. The zero-order valence-electron chi connectivity index (χ0n) is 14.6. The van der Waals surface area contributed by atoms with Crippen molar-refractivity contribution in [2.24, 2.45) is 4.99 Å². The van der Waals surface area contributed by atoms with Crippen LogP contribution in [0.1, 0.15) is 21.8 Å². The van der Waals surface area contributed by atoms with Crippen molar-refractivity contribution in [3.05, 3.63) is 51.2 Å². The summed E-state index contributed by atoms with van der Waals surface area (Å²) in [6.07, 6.45) is 2.88. The number of aromatic nitrogens is 1. The second-order valence-corrected chi connectivity index (χ2v) is 7.23. The third-order valence-electron chi connectivity index (χ3n) is 3.48. The number of thioether (sulfide) groups is 1. The van der Waals surface area contributed by atoms with E-state index in [0.717, 1.165) is 46.5 Å². The molecule has 2 aromatic rings. The van der Waals surface area contributed by atoms with Crippen LogP contribution in [0.25, 0.3) is 0 Å². The highest BCUT2D eigenvalue weighted by Crippen LogP contribution is 2.16. The molecule has 0 fully saturated rings. The average molecular weight is 494 g/mol. The Balaban J connectivity index is 0.00000312.